The van der Waals surface area contributed by atoms with Gasteiger partial charge >= 0.3 is 0 Å². The lowest BCUT2D eigenvalue weighted by atomic mass is 10.1. The highest BCUT2D eigenvalue weighted by atomic mass is 16.5. The minimum Gasteiger partial charge on any atom is -0.490 e. The second-order valence-corrected chi connectivity index (χ2v) is 3.79. The summed E-state index contributed by atoms with van der Waals surface area (Å²) in [5.41, 5.74) is 8.09. The van der Waals surface area contributed by atoms with Gasteiger partial charge in [0.25, 0.3) is 0 Å². The Morgan fingerprint density at radius 1 is 1.50 bits per heavy atom. The summed E-state index contributed by atoms with van der Waals surface area (Å²) < 4.78 is 5.59. The minimum atomic E-state index is 0.0659. The van der Waals surface area contributed by atoms with Crippen LogP contribution in [0, 0.1) is 0 Å². The van der Waals surface area contributed by atoms with Gasteiger partial charge in [-0.25, -0.2) is 0 Å². The van der Waals surface area contributed by atoms with Crippen LogP contribution in [0.1, 0.15) is 18.5 Å². The molecule has 0 amide bonds. The summed E-state index contributed by atoms with van der Waals surface area (Å²) >= 11 is 0. The number of nitrogens with zero attached hydrogens (tertiary/aromatic N) is 1. The van der Waals surface area contributed by atoms with Crippen molar-refractivity contribution < 1.29 is 4.74 Å². The number of hydrogen-bond acceptors (Lipinski definition) is 3. The maximum Gasteiger partial charge on any atom is 0.143 e. The molecule has 3 nitrogen and oxygen atoms in total. The lowest BCUT2D eigenvalue weighted by Crippen LogP contribution is -2.28. The van der Waals surface area contributed by atoms with Crippen molar-refractivity contribution in [3.63, 3.8) is 0 Å². The van der Waals surface area contributed by atoms with Gasteiger partial charge in [0.1, 0.15) is 12.4 Å². The molecular formula is C11H16N2O. The third kappa shape index (κ3) is 1.55. The fourth-order valence-electron chi connectivity index (χ4n) is 1.66. The van der Waals surface area contributed by atoms with Crippen LogP contribution in [-0.4, -0.2) is 20.2 Å². The van der Waals surface area contributed by atoms with E-state index in [4.69, 9.17) is 10.5 Å². The van der Waals surface area contributed by atoms with Crippen molar-refractivity contribution in [3.8, 4) is 5.75 Å². The first-order valence-corrected chi connectivity index (χ1v) is 4.92. The number of benzene rings is 1. The van der Waals surface area contributed by atoms with Crippen LogP contribution in [0.4, 0.5) is 5.69 Å². The minimum absolute atomic E-state index is 0.0659. The first-order chi connectivity index (χ1) is 6.68. The van der Waals surface area contributed by atoms with Gasteiger partial charge in [0.15, 0.2) is 0 Å². The predicted octanol–water partition coefficient (Wildman–Crippen LogP) is 1.53. The summed E-state index contributed by atoms with van der Waals surface area (Å²) in [6.45, 7) is 3.69. The average Bonchev–Trinajstić information content (AvgIpc) is 2.17. The summed E-state index contributed by atoms with van der Waals surface area (Å²) in [6.07, 6.45) is 0. The van der Waals surface area contributed by atoms with Crippen LogP contribution in [0.15, 0.2) is 18.2 Å². The third-order valence-electron chi connectivity index (χ3n) is 2.61. The summed E-state index contributed by atoms with van der Waals surface area (Å²) in [7, 11) is 2.08. The Hall–Kier alpha value is -1.22. The molecule has 0 aromatic heterocycles. The van der Waals surface area contributed by atoms with Crippen LogP contribution >= 0.6 is 0 Å². The Labute approximate surface area is 84.5 Å². The number of fused-ring (bicyclic) bond motifs is 1. The zero-order valence-electron chi connectivity index (χ0n) is 8.66. The van der Waals surface area contributed by atoms with Crippen molar-refractivity contribution in [2.45, 2.75) is 13.0 Å². The van der Waals surface area contributed by atoms with E-state index < -0.39 is 0 Å². The van der Waals surface area contributed by atoms with Crippen LogP contribution in [0.2, 0.25) is 0 Å². The molecule has 1 aliphatic heterocycles. The predicted molar refractivity (Wildman–Crippen MR) is 57.8 cm³/mol. The van der Waals surface area contributed by atoms with Gasteiger partial charge in [0.2, 0.25) is 0 Å². The molecule has 0 radical (unpaired) electrons. The van der Waals surface area contributed by atoms with E-state index in [1.807, 2.05) is 13.0 Å². The molecule has 0 saturated heterocycles. The molecule has 2 N–H and O–H groups in total. The van der Waals surface area contributed by atoms with E-state index in [0.29, 0.717) is 0 Å². The van der Waals surface area contributed by atoms with Gasteiger partial charge in [-0.3, -0.25) is 0 Å². The van der Waals surface area contributed by atoms with Gasteiger partial charge in [-0.05, 0) is 24.6 Å². The largest absolute Gasteiger partial charge is 0.490 e. The highest BCUT2D eigenvalue weighted by Gasteiger charge is 2.15. The molecule has 0 fully saturated rings. The Kier molecular flexibility index (Phi) is 2.33. The first-order valence-electron chi connectivity index (χ1n) is 4.92. The molecule has 3 heteroatoms. The van der Waals surface area contributed by atoms with E-state index in [1.165, 1.54) is 0 Å². The number of likely N-dealkylation sites (N-methyl/N-ethyl adjacent to an activating group) is 1. The normalized spacial score (nSPS) is 17.2. The number of nitrogens with two attached hydrogens (primary N) is 1. The van der Waals surface area contributed by atoms with E-state index in [9.17, 15) is 0 Å². The molecule has 0 bridgehead atoms. The molecule has 1 unspecified atom stereocenters. The molecule has 2 rings (SSSR count). The van der Waals surface area contributed by atoms with Crippen LogP contribution in [0.25, 0.3) is 0 Å². The molecule has 1 heterocycles. The van der Waals surface area contributed by atoms with Crippen molar-refractivity contribution in [2.75, 3.05) is 25.1 Å². The zero-order chi connectivity index (χ0) is 10.1. The molecule has 0 saturated carbocycles. The van der Waals surface area contributed by atoms with Crippen LogP contribution in [0.5, 0.6) is 5.75 Å². The number of ether oxygens (including phenoxy) is 1. The smallest absolute Gasteiger partial charge is 0.143 e. The molecule has 76 valence electrons. The summed E-state index contributed by atoms with van der Waals surface area (Å²) in [5, 5.41) is 0. The lowest BCUT2D eigenvalue weighted by molar-refractivity contribution is 0.311. The fraction of sp³-hybridized carbons (Fsp3) is 0.455. The summed E-state index contributed by atoms with van der Waals surface area (Å²) in [4.78, 5) is 2.20. The molecule has 14 heavy (non-hydrogen) atoms. The van der Waals surface area contributed by atoms with Gasteiger partial charge in [-0.1, -0.05) is 6.07 Å². The van der Waals surface area contributed by atoms with Crippen molar-refractivity contribution >= 4 is 5.69 Å². The highest BCUT2D eigenvalue weighted by molar-refractivity contribution is 5.60. The number of rotatable bonds is 1. The van der Waals surface area contributed by atoms with E-state index >= 15 is 0 Å². The second kappa shape index (κ2) is 3.50. The lowest BCUT2D eigenvalue weighted by Gasteiger charge is -2.28. The molecule has 1 aliphatic rings. The van der Waals surface area contributed by atoms with Gasteiger partial charge in [-0.2, -0.15) is 0 Å². The average molecular weight is 192 g/mol. The third-order valence-corrected chi connectivity index (χ3v) is 2.61. The second-order valence-electron chi connectivity index (χ2n) is 3.79. The Morgan fingerprint density at radius 3 is 3.00 bits per heavy atom. The van der Waals surface area contributed by atoms with E-state index in [0.717, 1.165) is 30.2 Å². The van der Waals surface area contributed by atoms with E-state index in [2.05, 4.69) is 24.1 Å². The van der Waals surface area contributed by atoms with Crippen molar-refractivity contribution in [1.82, 2.24) is 0 Å². The molecule has 1 atom stereocenters. The van der Waals surface area contributed by atoms with Crippen molar-refractivity contribution in [3.05, 3.63) is 23.8 Å². The van der Waals surface area contributed by atoms with Gasteiger partial charge in [-0.15, -0.1) is 0 Å². The quantitative estimate of drug-likeness (QED) is 0.733. The van der Waals surface area contributed by atoms with Crippen LogP contribution in [0.3, 0.4) is 0 Å². The zero-order valence-corrected chi connectivity index (χ0v) is 8.66. The van der Waals surface area contributed by atoms with Crippen molar-refractivity contribution in [2.24, 2.45) is 5.73 Å². The standard InChI is InChI=1S/C11H16N2O/c1-8(12)9-3-4-10-11(7-9)14-6-5-13(10)2/h3-4,7-8H,5-6,12H2,1-2H3. The fourth-order valence-corrected chi connectivity index (χ4v) is 1.66. The molecule has 0 aliphatic carbocycles. The van der Waals surface area contributed by atoms with E-state index in [-0.39, 0.29) is 6.04 Å². The molecule has 1 aromatic carbocycles. The highest BCUT2D eigenvalue weighted by Crippen LogP contribution is 2.32. The van der Waals surface area contributed by atoms with Gasteiger partial charge in [0, 0.05) is 13.1 Å². The summed E-state index contributed by atoms with van der Waals surface area (Å²) in [5.74, 6) is 0.952. The molecule has 0 spiro atoms. The van der Waals surface area contributed by atoms with Gasteiger partial charge in [0.05, 0.1) is 12.2 Å². The van der Waals surface area contributed by atoms with Crippen LogP contribution < -0.4 is 15.4 Å². The van der Waals surface area contributed by atoms with Crippen molar-refractivity contribution in [1.29, 1.82) is 0 Å². The van der Waals surface area contributed by atoms with E-state index in [1.54, 1.807) is 0 Å². The monoisotopic (exact) mass is 192 g/mol. The maximum atomic E-state index is 5.81. The Morgan fingerprint density at radius 2 is 2.29 bits per heavy atom. The molecule has 1 aromatic rings. The van der Waals surface area contributed by atoms with Crippen LogP contribution in [-0.2, 0) is 0 Å². The Balaban J connectivity index is 2.39. The first kappa shape index (κ1) is 9.34. The molecular weight excluding hydrogens is 176 g/mol. The topological polar surface area (TPSA) is 38.5 Å². The SMILES string of the molecule is CC(N)c1ccc2c(c1)OCCN2C. The number of anilines is 1. The van der Waals surface area contributed by atoms with Gasteiger partial charge < -0.3 is 15.4 Å². The Bertz CT molecular complexity index is 336. The maximum absolute atomic E-state index is 5.81. The number of hydrogen-bond donors (Lipinski definition) is 1. The summed E-state index contributed by atoms with van der Waals surface area (Å²) in [6, 6.07) is 6.24.